The van der Waals surface area contributed by atoms with Crippen LogP contribution in [0.1, 0.15) is 37.3 Å². The number of hydrogen-bond acceptors (Lipinski definition) is 12. The predicted molar refractivity (Wildman–Crippen MR) is 219 cm³/mol. The van der Waals surface area contributed by atoms with Crippen LogP contribution in [0.3, 0.4) is 0 Å². The third kappa shape index (κ3) is 7.96. The molecule has 3 N–H and O–H groups in total. The summed E-state index contributed by atoms with van der Waals surface area (Å²) >= 11 is 6.57. The molecule has 0 saturated carbocycles. The Labute approximate surface area is 334 Å². The van der Waals surface area contributed by atoms with E-state index in [1.165, 1.54) is 11.6 Å². The number of pyridine rings is 1. The summed E-state index contributed by atoms with van der Waals surface area (Å²) in [5.74, 6) is 0.536. The molecule has 0 radical (unpaired) electrons. The Bertz CT molecular complexity index is 2420. The number of amides is 3. The Hall–Kier alpha value is -5.74. The number of rotatable bonds is 10. The molecule has 3 aliphatic heterocycles. The highest BCUT2D eigenvalue weighted by atomic mass is 35.5. The number of aryl methyl sites for hydroxylation is 2. The number of carbonyl (C=O) groups is 3. The molecule has 3 amide bonds. The largest absolute Gasteiger partial charge is 0.478 e. The van der Waals surface area contributed by atoms with Crippen LogP contribution < -0.4 is 36.0 Å². The van der Waals surface area contributed by atoms with Crippen molar-refractivity contribution in [1.82, 2.24) is 39.8 Å². The second kappa shape index (κ2) is 16.0. The third-order valence-corrected chi connectivity index (χ3v) is 11.7. The number of carbonyl (C=O) groups excluding carboxylic acids is 3. The van der Waals surface area contributed by atoms with E-state index in [4.69, 9.17) is 26.4 Å². The van der Waals surface area contributed by atoms with E-state index in [9.17, 15) is 19.2 Å². The van der Waals surface area contributed by atoms with E-state index in [1.807, 2.05) is 29.9 Å². The number of anilines is 4. The first-order chi connectivity index (χ1) is 27.5. The highest BCUT2D eigenvalue weighted by molar-refractivity contribution is 6.33. The molecule has 1 unspecified atom stereocenters. The molecule has 0 aliphatic carbocycles. The summed E-state index contributed by atoms with van der Waals surface area (Å²) < 4.78 is 8.84. The number of fused-ring (bicyclic) bond motifs is 2. The molecule has 0 bridgehead atoms. The molecule has 0 spiro atoms. The Morgan fingerprint density at radius 1 is 0.947 bits per heavy atom. The highest BCUT2D eigenvalue weighted by Crippen LogP contribution is 2.33. The molecule has 6 heterocycles. The van der Waals surface area contributed by atoms with Crippen LogP contribution >= 0.6 is 11.6 Å². The summed E-state index contributed by atoms with van der Waals surface area (Å²) in [5, 5.41) is 15.1. The molecular weight excluding hydrogens is 750 g/mol. The van der Waals surface area contributed by atoms with Crippen LogP contribution in [0, 0.1) is 5.92 Å². The lowest BCUT2D eigenvalue weighted by Gasteiger charge is -2.39. The minimum absolute atomic E-state index is 0.0855. The first-order valence-corrected chi connectivity index (χ1v) is 19.7. The van der Waals surface area contributed by atoms with Crippen molar-refractivity contribution in [1.29, 1.82) is 0 Å². The van der Waals surface area contributed by atoms with Crippen molar-refractivity contribution in [2.75, 3.05) is 74.6 Å². The number of aromatic nitrogens is 5. The summed E-state index contributed by atoms with van der Waals surface area (Å²) in [6.07, 6.45) is 4.51. The normalized spacial score (nSPS) is 18.3. The lowest BCUT2D eigenvalue weighted by Crippen LogP contribution is -2.49. The van der Waals surface area contributed by atoms with Gasteiger partial charge in [-0.15, -0.1) is 0 Å². The molecule has 3 fully saturated rings. The highest BCUT2D eigenvalue weighted by Gasteiger charge is 2.32. The second-order valence-corrected chi connectivity index (χ2v) is 15.4. The van der Waals surface area contributed by atoms with Gasteiger partial charge in [0.15, 0.2) is 18.2 Å². The molecule has 3 aromatic heterocycles. The van der Waals surface area contributed by atoms with Crippen molar-refractivity contribution in [2.45, 2.75) is 31.6 Å². The number of imide groups is 1. The van der Waals surface area contributed by atoms with Gasteiger partial charge in [-0.3, -0.25) is 34.1 Å². The van der Waals surface area contributed by atoms with Crippen LogP contribution in [-0.4, -0.2) is 106 Å². The van der Waals surface area contributed by atoms with Crippen LogP contribution in [0.2, 0.25) is 5.02 Å². The number of hydrogen-bond donors (Lipinski definition) is 3. The van der Waals surface area contributed by atoms with E-state index in [0.717, 1.165) is 92.0 Å². The zero-order valence-corrected chi connectivity index (χ0v) is 33.0. The van der Waals surface area contributed by atoms with Gasteiger partial charge in [-0.2, -0.15) is 10.1 Å². The molecule has 3 aliphatic rings. The monoisotopic (exact) mass is 795 g/mol. The van der Waals surface area contributed by atoms with E-state index in [2.05, 4.69) is 53.8 Å². The number of halogens is 1. The van der Waals surface area contributed by atoms with Gasteiger partial charge in [-0.25, -0.2) is 4.98 Å². The maximum absolute atomic E-state index is 12.8. The van der Waals surface area contributed by atoms with Crippen molar-refractivity contribution in [3.8, 4) is 5.75 Å². The summed E-state index contributed by atoms with van der Waals surface area (Å²) in [6, 6.07) is 13.6. The van der Waals surface area contributed by atoms with E-state index in [-0.39, 0.29) is 35.6 Å². The lowest BCUT2D eigenvalue weighted by atomic mass is 9.93. The summed E-state index contributed by atoms with van der Waals surface area (Å²) in [7, 11) is 5.08. The van der Waals surface area contributed by atoms with Crippen molar-refractivity contribution in [3.05, 3.63) is 69.7 Å². The number of nitrogens with zero attached hydrogens (tertiary/aromatic N) is 8. The first kappa shape index (κ1) is 38.1. The van der Waals surface area contributed by atoms with Crippen molar-refractivity contribution < 1.29 is 19.1 Å². The summed E-state index contributed by atoms with van der Waals surface area (Å²) in [5.41, 5.74) is 3.97. The maximum Gasteiger partial charge on any atom is 0.293 e. The topological polar surface area (TPSA) is 172 Å². The zero-order chi connectivity index (χ0) is 39.8. The number of piperidine rings is 2. The smallest absolute Gasteiger partial charge is 0.293 e. The number of ether oxygens (including phenoxy) is 1. The van der Waals surface area contributed by atoms with Crippen molar-refractivity contribution >= 4 is 74.3 Å². The van der Waals surface area contributed by atoms with Gasteiger partial charge in [0.25, 0.3) is 11.5 Å². The standard InChI is InChI=1S/C40H46ClN11O5/c1-42-35(54)23-57-33-19-25-18-26(4-8-31(25)48(2)39(33)56)44-37-30(41)21-43-40(46-37)52-12-10-24(11-13-52)22-50-14-16-51(17-15-50)27-5-6-28-32(20-27)49(3)47-36(28)29-7-9-34(53)45-38(29)55/h4-6,8,18-21,24,29H,7,9-17,22-23H2,1-3H3,(H,42,54)(H,43,44,46)(H,45,53,55). The molecule has 17 heteroatoms. The quantitative estimate of drug-likeness (QED) is 0.177. The number of piperazine rings is 1. The van der Waals surface area contributed by atoms with Crippen molar-refractivity contribution in [2.24, 2.45) is 20.0 Å². The number of nitrogens with one attached hydrogen (secondary N) is 3. The number of benzene rings is 2. The Kier molecular flexibility index (Phi) is 10.7. The van der Waals surface area contributed by atoms with Crippen LogP contribution in [-0.2, 0) is 28.5 Å². The predicted octanol–water partition coefficient (Wildman–Crippen LogP) is 3.30. The Morgan fingerprint density at radius 2 is 1.74 bits per heavy atom. The van der Waals surface area contributed by atoms with E-state index in [0.29, 0.717) is 41.1 Å². The van der Waals surface area contributed by atoms with Crippen LogP contribution in [0.15, 0.2) is 53.5 Å². The van der Waals surface area contributed by atoms with Crippen LogP contribution in [0.25, 0.3) is 21.8 Å². The summed E-state index contributed by atoms with van der Waals surface area (Å²) in [4.78, 5) is 65.3. The van der Waals surface area contributed by atoms with Gasteiger partial charge < -0.3 is 29.7 Å². The molecule has 57 heavy (non-hydrogen) atoms. The van der Waals surface area contributed by atoms with E-state index < -0.39 is 5.92 Å². The average Bonchev–Trinajstić information content (AvgIpc) is 3.54. The zero-order valence-electron chi connectivity index (χ0n) is 32.3. The van der Waals surface area contributed by atoms with Gasteiger partial charge in [0, 0.05) is 95.5 Å². The Balaban J connectivity index is 0.850. The fourth-order valence-electron chi connectivity index (χ4n) is 8.14. The fourth-order valence-corrected chi connectivity index (χ4v) is 8.27. The van der Waals surface area contributed by atoms with Gasteiger partial charge in [-0.05, 0) is 67.6 Å². The van der Waals surface area contributed by atoms with Crippen molar-refractivity contribution in [3.63, 3.8) is 0 Å². The molecule has 1 atom stereocenters. The third-order valence-electron chi connectivity index (χ3n) is 11.4. The lowest BCUT2D eigenvalue weighted by molar-refractivity contribution is -0.134. The number of likely N-dealkylation sites (N-methyl/N-ethyl adjacent to an activating group) is 1. The maximum atomic E-state index is 12.8. The molecule has 2 aromatic carbocycles. The molecule has 16 nitrogen and oxygen atoms in total. The van der Waals surface area contributed by atoms with Crippen LogP contribution in [0.5, 0.6) is 5.75 Å². The molecular formula is C40H46ClN11O5. The molecule has 3 saturated heterocycles. The minimum atomic E-state index is -0.414. The van der Waals surface area contributed by atoms with Gasteiger partial charge in [0.1, 0.15) is 5.02 Å². The van der Waals surface area contributed by atoms with E-state index >= 15 is 0 Å². The minimum Gasteiger partial charge on any atom is -0.478 e. The SMILES string of the molecule is CNC(=O)COc1cc2cc(Nc3nc(N4CCC(CN5CCN(c6ccc7c(C8CCC(=O)NC8=O)nn(C)c7c6)CC5)CC4)ncc3Cl)ccc2n(C)c1=O. The van der Waals surface area contributed by atoms with Gasteiger partial charge in [0.2, 0.25) is 17.8 Å². The Morgan fingerprint density at radius 3 is 2.49 bits per heavy atom. The van der Waals surface area contributed by atoms with Gasteiger partial charge in [-0.1, -0.05) is 11.6 Å². The average molecular weight is 796 g/mol. The molecule has 298 valence electrons. The second-order valence-electron chi connectivity index (χ2n) is 15.0. The fraction of sp³-hybridized carbons (Fsp3) is 0.425. The van der Waals surface area contributed by atoms with Crippen LogP contribution in [0.4, 0.5) is 23.1 Å². The van der Waals surface area contributed by atoms with E-state index in [1.54, 1.807) is 19.3 Å². The first-order valence-electron chi connectivity index (χ1n) is 19.3. The molecule has 8 rings (SSSR count). The summed E-state index contributed by atoms with van der Waals surface area (Å²) in [6.45, 7) is 6.31. The van der Waals surface area contributed by atoms with Gasteiger partial charge >= 0.3 is 0 Å². The van der Waals surface area contributed by atoms with Gasteiger partial charge in [0.05, 0.1) is 28.8 Å². The molecule has 5 aromatic rings.